The highest BCUT2D eigenvalue weighted by molar-refractivity contribution is 5.78. The third kappa shape index (κ3) is 4.82. The van der Waals surface area contributed by atoms with E-state index in [1.807, 2.05) is 6.07 Å². The van der Waals surface area contributed by atoms with Gasteiger partial charge in [0, 0.05) is 39.0 Å². The fourth-order valence-corrected chi connectivity index (χ4v) is 8.37. The van der Waals surface area contributed by atoms with E-state index in [0.717, 1.165) is 39.6 Å². The van der Waals surface area contributed by atoms with Gasteiger partial charge < -0.3 is 4.74 Å². The van der Waals surface area contributed by atoms with Crippen LogP contribution in [0.1, 0.15) is 72.6 Å². The lowest BCUT2D eigenvalue weighted by molar-refractivity contribution is 0.417. The maximum Gasteiger partial charge on any atom is 0.131 e. The minimum Gasteiger partial charge on any atom is -0.457 e. The van der Waals surface area contributed by atoms with Crippen LogP contribution >= 0.6 is 0 Å². The Morgan fingerprint density at radius 2 is 0.920 bits per heavy atom. The first kappa shape index (κ1) is 30.3. The zero-order valence-electron chi connectivity index (χ0n) is 28.9. The molecule has 1 aliphatic carbocycles. The van der Waals surface area contributed by atoms with Gasteiger partial charge in [0.25, 0.3) is 0 Å². The first-order valence-electron chi connectivity index (χ1n) is 17.6. The van der Waals surface area contributed by atoms with E-state index >= 15 is 0 Å². The van der Waals surface area contributed by atoms with Crippen molar-refractivity contribution in [2.45, 2.75) is 44.4 Å². The number of benzene rings is 6. The van der Waals surface area contributed by atoms with Crippen molar-refractivity contribution in [2.24, 2.45) is 0 Å². The average Bonchev–Trinajstić information content (AvgIpc) is 3.16. The predicted octanol–water partition coefficient (Wildman–Crippen LogP) is 12.3. The SMILES string of the molecule is CC1(C)c2cc(-c3cc(-c4ccccc4)cc(-c4ccccc4)n3)ccc2Oc2ccc(C3c4ccccc4C(C)(C)c4ccccc43)cc21. The Kier molecular flexibility index (Phi) is 6.93. The molecule has 0 radical (unpaired) electrons. The molecule has 7 aromatic rings. The van der Waals surface area contributed by atoms with Gasteiger partial charge in [-0.15, -0.1) is 0 Å². The molecule has 2 aliphatic rings. The third-order valence-corrected chi connectivity index (χ3v) is 11.1. The van der Waals surface area contributed by atoms with E-state index in [-0.39, 0.29) is 16.7 Å². The van der Waals surface area contributed by atoms with Crippen LogP contribution in [0.4, 0.5) is 0 Å². The second-order valence-electron chi connectivity index (χ2n) is 14.8. The van der Waals surface area contributed by atoms with Crippen molar-refractivity contribution in [3.63, 3.8) is 0 Å². The normalized spacial score (nSPS) is 15.2. The largest absolute Gasteiger partial charge is 0.457 e. The highest BCUT2D eigenvalue weighted by Crippen LogP contribution is 2.53. The Morgan fingerprint density at radius 1 is 0.420 bits per heavy atom. The molecule has 6 aromatic carbocycles. The first-order chi connectivity index (χ1) is 24.3. The number of nitrogens with zero attached hydrogens (tertiary/aromatic N) is 1. The standard InChI is InChI=1S/C48H39NO/c1-47(2)38-21-13-11-19-36(38)46(37-20-12-14-22-39(37)47)34-24-26-45-41(28-34)48(3,4)40-27-33(23-25-44(40)50-45)43-30-35(31-15-7-5-8-16-31)29-42(49-43)32-17-9-6-10-18-32/h5-30,46H,1-4H3. The van der Waals surface area contributed by atoms with E-state index in [0.29, 0.717) is 0 Å². The summed E-state index contributed by atoms with van der Waals surface area (Å²) in [6.45, 7) is 9.37. The van der Waals surface area contributed by atoms with E-state index in [1.54, 1.807) is 0 Å². The minimum atomic E-state index is -0.304. The Hall–Kier alpha value is -5.73. The van der Waals surface area contributed by atoms with Gasteiger partial charge >= 0.3 is 0 Å². The van der Waals surface area contributed by atoms with Crippen molar-refractivity contribution in [1.82, 2.24) is 4.98 Å². The van der Waals surface area contributed by atoms with Gasteiger partial charge in [0.1, 0.15) is 11.5 Å². The summed E-state index contributed by atoms with van der Waals surface area (Å²) in [6, 6.07) is 56.8. The molecule has 50 heavy (non-hydrogen) atoms. The zero-order valence-corrected chi connectivity index (χ0v) is 28.9. The van der Waals surface area contributed by atoms with Crippen LogP contribution in [0.3, 0.4) is 0 Å². The molecule has 0 saturated heterocycles. The highest BCUT2D eigenvalue weighted by atomic mass is 16.5. The predicted molar refractivity (Wildman–Crippen MR) is 205 cm³/mol. The molecular formula is C48H39NO. The molecule has 9 rings (SSSR count). The van der Waals surface area contributed by atoms with E-state index in [4.69, 9.17) is 9.72 Å². The van der Waals surface area contributed by atoms with Crippen molar-refractivity contribution < 1.29 is 4.74 Å². The van der Waals surface area contributed by atoms with Crippen LogP contribution < -0.4 is 4.74 Å². The summed E-state index contributed by atoms with van der Waals surface area (Å²) < 4.78 is 6.68. The Balaban J connectivity index is 1.16. The van der Waals surface area contributed by atoms with Crippen LogP contribution in [0.15, 0.2) is 158 Å². The number of hydrogen-bond acceptors (Lipinski definition) is 2. The summed E-state index contributed by atoms with van der Waals surface area (Å²) in [5.41, 5.74) is 15.2. The molecule has 0 fully saturated rings. The Labute approximate surface area is 295 Å². The molecule has 0 unspecified atom stereocenters. The van der Waals surface area contributed by atoms with Crippen molar-refractivity contribution in [2.75, 3.05) is 0 Å². The smallest absolute Gasteiger partial charge is 0.131 e. The van der Waals surface area contributed by atoms with Crippen molar-refractivity contribution in [3.05, 3.63) is 197 Å². The molecule has 0 saturated carbocycles. The molecule has 2 heterocycles. The first-order valence-corrected chi connectivity index (χ1v) is 17.6. The lowest BCUT2D eigenvalue weighted by Crippen LogP contribution is -2.30. The fraction of sp³-hybridized carbons (Fsp3) is 0.146. The van der Waals surface area contributed by atoms with E-state index in [9.17, 15) is 0 Å². The number of aromatic nitrogens is 1. The Bertz CT molecular complexity index is 2300. The lowest BCUT2D eigenvalue weighted by atomic mass is 9.63. The quantitative estimate of drug-likeness (QED) is 0.190. The lowest BCUT2D eigenvalue weighted by Gasteiger charge is -2.40. The molecular weight excluding hydrogens is 607 g/mol. The van der Waals surface area contributed by atoms with Gasteiger partial charge in [-0.25, -0.2) is 4.98 Å². The molecule has 0 spiro atoms. The van der Waals surface area contributed by atoms with Crippen molar-refractivity contribution >= 4 is 0 Å². The van der Waals surface area contributed by atoms with Gasteiger partial charge in [0.15, 0.2) is 0 Å². The summed E-state index contributed by atoms with van der Waals surface area (Å²) in [5, 5.41) is 0. The maximum atomic E-state index is 6.68. The second kappa shape index (κ2) is 11.4. The molecule has 1 aliphatic heterocycles. The van der Waals surface area contributed by atoms with E-state index in [2.05, 4.69) is 179 Å². The maximum absolute atomic E-state index is 6.68. The minimum absolute atomic E-state index is 0.0676. The summed E-state index contributed by atoms with van der Waals surface area (Å²) in [7, 11) is 0. The van der Waals surface area contributed by atoms with Gasteiger partial charge in [-0.05, 0) is 75.3 Å². The molecule has 242 valence electrons. The summed E-state index contributed by atoms with van der Waals surface area (Å²) in [6.07, 6.45) is 0. The summed E-state index contributed by atoms with van der Waals surface area (Å²) >= 11 is 0. The monoisotopic (exact) mass is 645 g/mol. The number of fused-ring (bicyclic) bond motifs is 4. The van der Waals surface area contributed by atoms with E-state index in [1.165, 1.54) is 44.5 Å². The van der Waals surface area contributed by atoms with Crippen LogP contribution in [0.5, 0.6) is 11.5 Å². The van der Waals surface area contributed by atoms with Gasteiger partial charge in [-0.2, -0.15) is 0 Å². The van der Waals surface area contributed by atoms with Gasteiger partial charge in [-0.1, -0.05) is 149 Å². The van der Waals surface area contributed by atoms with Crippen LogP contribution in [0.25, 0.3) is 33.6 Å². The third-order valence-electron chi connectivity index (χ3n) is 11.1. The van der Waals surface area contributed by atoms with Gasteiger partial charge in [-0.3, -0.25) is 0 Å². The molecule has 1 aromatic heterocycles. The molecule has 0 N–H and O–H groups in total. The van der Waals surface area contributed by atoms with Gasteiger partial charge in [0.2, 0.25) is 0 Å². The van der Waals surface area contributed by atoms with Crippen molar-refractivity contribution in [3.8, 4) is 45.1 Å². The molecule has 2 nitrogen and oxygen atoms in total. The Morgan fingerprint density at radius 3 is 1.56 bits per heavy atom. The van der Waals surface area contributed by atoms with Crippen LogP contribution in [0, 0.1) is 0 Å². The second-order valence-corrected chi connectivity index (χ2v) is 14.8. The van der Waals surface area contributed by atoms with Crippen molar-refractivity contribution in [1.29, 1.82) is 0 Å². The molecule has 0 bridgehead atoms. The van der Waals surface area contributed by atoms with Crippen LogP contribution in [0.2, 0.25) is 0 Å². The summed E-state index contributed by atoms with van der Waals surface area (Å²) in [4.78, 5) is 5.23. The average molecular weight is 646 g/mol. The zero-order chi connectivity index (χ0) is 34.0. The summed E-state index contributed by atoms with van der Waals surface area (Å²) in [5.74, 6) is 1.97. The number of ether oxygens (including phenoxy) is 1. The number of rotatable bonds is 4. The topological polar surface area (TPSA) is 22.1 Å². The molecule has 0 atom stereocenters. The fourth-order valence-electron chi connectivity index (χ4n) is 8.37. The van der Waals surface area contributed by atoms with Crippen LogP contribution in [-0.4, -0.2) is 4.98 Å². The van der Waals surface area contributed by atoms with Gasteiger partial charge in [0.05, 0.1) is 11.4 Å². The van der Waals surface area contributed by atoms with E-state index < -0.39 is 0 Å². The number of hydrogen-bond donors (Lipinski definition) is 0. The number of pyridine rings is 1. The molecule has 0 amide bonds. The molecule has 2 heteroatoms. The highest BCUT2D eigenvalue weighted by Gasteiger charge is 2.40. The van der Waals surface area contributed by atoms with Crippen LogP contribution in [-0.2, 0) is 10.8 Å².